The number of likely N-dealkylation sites (tertiary alicyclic amines) is 1. The average molecular weight is 493 g/mol. The third kappa shape index (κ3) is 5.19. The molecule has 190 valence electrons. The third-order valence-corrected chi connectivity index (χ3v) is 7.76. The molecule has 37 heavy (non-hydrogen) atoms. The highest BCUT2D eigenvalue weighted by Crippen LogP contribution is 2.35. The van der Waals surface area contributed by atoms with Crippen molar-refractivity contribution in [1.29, 1.82) is 0 Å². The Balaban J connectivity index is 1.27. The molecule has 0 radical (unpaired) electrons. The zero-order chi connectivity index (χ0) is 25.2. The first kappa shape index (κ1) is 23.9. The van der Waals surface area contributed by atoms with Gasteiger partial charge in [0.05, 0.1) is 11.6 Å². The number of fused-ring (bicyclic) bond motifs is 2. The van der Waals surface area contributed by atoms with E-state index in [1.54, 1.807) is 0 Å². The molecule has 1 fully saturated rings. The largest absolute Gasteiger partial charge is 0.490 e. The molecular formula is C32H36N4O. The van der Waals surface area contributed by atoms with Gasteiger partial charge in [-0.15, -0.1) is 0 Å². The molecule has 0 spiro atoms. The SMILES string of the molecule is CC(C)Oc1ccccc1-c1cccc2cnc(Nc3ccc4c(c3)CC[C@@H](N3CCCC3)CC4)nc12. The molecule has 1 aromatic heterocycles. The van der Waals surface area contributed by atoms with Gasteiger partial charge in [0.2, 0.25) is 5.95 Å². The molecule has 1 aliphatic carbocycles. The van der Waals surface area contributed by atoms with Gasteiger partial charge in [-0.05, 0) is 94.8 Å². The Kier molecular flexibility index (Phi) is 6.79. The van der Waals surface area contributed by atoms with E-state index in [0.29, 0.717) is 5.95 Å². The second-order valence-corrected chi connectivity index (χ2v) is 10.7. The second-order valence-electron chi connectivity index (χ2n) is 10.7. The van der Waals surface area contributed by atoms with Crippen LogP contribution in [0.2, 0.25) is 0 Å². The molecule has 5 heteroatoms. The summed E-state index contributed by atoms with van der Waals surface area (Å²) >= 11 is 0. The summed E-state index contributed by atoms with van der Waals surface area (Å²) in [5.41, 5.74) is 7.03. The lowest BCUT2D eigenvalue weighted by atomic mass is 10.0. The number of benzene rings is 3. The van der Waals surface area contributed by atoms with E-state index in [2.05, 4.69) is 71.5 Å². The Morgan fingerprint density at radius 2 is 1.68 bits per heavy atom. The first-order valence-electron chi connectivity index (χ1n) is 13.8. The second kappa shape index (κ2) is 10.5. The number of nitrogens with one attached hydrogen (secondary N) is 1. The van der Waals surface area contributed by atoms with Gasteiger partial charge < -0.3 is 15.0 Å². The van der Waals surface area contributed by atoms with Crippen LogP contribution < -0.4 is 10.1 Å². The lowest BCUT2D eigenvalue weighted by Crippen LogP contribution is -2.32. The van der Waals surface area contributed by atoms with Crippen molar-refractivity contribution in [2.24, 2.45) is 0 Å². The van der Waals surface area contributed by atoms with Crippen LogP contribution >= 0.6 is 0 Å². The summed E-state index contributed by atoms with van der Waals surface area (Å²) in [6, 6.07) is 21.9. The van der Waals surface area contributed by atoms with Gasteiger partial charge in [-0.2, -0.15) is 0 Å². The summed E-state index contributed by atoms with van der Waals surface area (Å²) in [5.74, 6) is 1.49. The van der Waals surface area contributed by atoms with Crippen LogP contribution in [-0.2, 0) is 12.8 Å². The van der Waals surface area contributed by atoms with E-state index < -0.39 is 0 Å². The van der Waals surface area contributed by atoms with E-state index in [4.69, 9.17) is 9.72 Å². The van der Waals surface area contributed by atoms with Crippen molar-refractivity contribution >= 4 is 22.5 Å². The Hall–Kier alpha value is -3.44. The van der Waals surface area contributed by atoms with Crippen LogP contribution in [0.4, 0.5) is 11.6 Å². The molecule has 1 N–H and O–H groups in total. The molecule has 0 amide bonds. The minimum absolute atomic E-state index is 0.0989. The van der Waals surface area contributed by atoms with Crippen LogP contribution in [0.25, 0.3) is 22.0 Å². The maximum Gasteiger partial charge on any atom is 0.227 e. The minimum atomic E-state index is 0.0989. The quantitative estimate of drug-likeness (QED) is 0.289. The number of anilines is 2. The molecule has 3 aromatic carbocycles. The monoisotopic (exact) mass is 492 g/mol. The Morgan fingerprint density at radius 3 is 2.51 bits per heavy atom. The number of hydrogen-bond acceptors (Lipinski definition) is 5. The van der Waals surface area contributed by atoms with Crippen LogP contribution in [0, 0.1) is 0 Å². The Morgan fingerprint density at radius 1 is 0.892 bits per heavy atom. The molecule has 1 aliphatic heterocycles. The maximum atomic E-state index is 6.12. The van der Waals surface area contributed by atoms with Crippen LogP contribution in [0.5, 0.6) is 5.75 Å². The molecule has 0 bridgehead atoms. The highest BCUT2D eigenvalue weighted by molar-refractivity contribution is 5.95. The number of nitrogens with zero attached hydrogens (tertiary/aromatic N) is 3. The van der Waals surface area contributed by atoms with Crippen molar-refractivity contribution in [3.63, 3.8) is 0 Å². The molecule has 2 aliphatic rings. The van der Waals surface area contributed by atoms with Gasteiger partial charge in [0.25, 0.3) is 0 Å². The molecule has 2 heterocycles. The molecule has 1 saturated heterocycles. The van der Waals surface area contributed by atoms with Gasteiger partial charge in [0.15, 0.2) is 0 Å². The zero-order valence-corrected chi connectivity index (χ0v) is 21.9. The summed E-state index contributed by atoms with van der Waals surface area (Å²) in [4.78, 5) is 12.3. The zero-order valence-electron chi connectivity index (χ0n) is 21.9. The predicted octanol–water partition coefficient (Wildman–Crippen LogP) is 7.17. The average Bonchev–Trinajstić information content (AvgIpc) is 3.36. The predicted molar refractivity (Wildman–Crippen MR) is 152 cm³/mol. The van der Waals surface area contributed by atoms with E-state index >= 15 is 0 Å². The van der Waals surface area contributed by atoms with E-state index in [0.717, 1.165) is 45.9 Å². The molecular weight excluding hydrogens is 456 g/mol. The molecule has 0 saturated carbocycles. The standard InChI is InChI=1S/C32H36N4O/c1-22(2)37-30-11-4-3-9-28(30)29-10-7-8-25-21-33-32(35-31(25)29)34-26-15-12-23-13-16-27(17-14-24(23)20-26)36-18-5-6-19-36/h3-4,7-12,15,20-22,27H,5-6,13-14,16-19H2,1-2H3,(H,33,34,35)/t27-/m0/s1. The lowest BCUT2D eigenvalue weighted by Gasteiger charge is -2.25. The first-order chi connectivity index (χ1) is 18.1. The fourth-order valence-electron chi connectivity index (χ4n) is 5.95. The summed E-state index contributed by atoms with van der Waals surface area (Å²) in [6.07, 6.45) is 9.57. The first-order valence-corrected chi connectivity index (χ1v) is 13.8. The van der Waals surface area contributed by atoms with Crippen LogP contribution in [0.15, 0.2) is 66.9 Å². The summed E-state index contributed by atoms with van der Waals surface area (Å²) in [5, 5.41) is 4.51. The highest BCUT2D eigenvalue weighted by atomic mass is 16.5. The van der Waals surface area contributed by atoms with Crippen molar-refractivity contribution < 1.29 is 4.74 Å². The van der Waals surface area contributed by atoms with E-state index in [1.807, 2.05) is 24.4 Å². The number of rotatable bonds is 6. The summed E-state index contributed by atoms with van der Waals surface area (Å²) in [6.45, 7) is 6.67. The van der Waals surface area contributed by atoms with Gasteiger partial charge in [0.1, 0.15) is 5.75 Å². The van der Waals surface area contributed by atoms with Gasteiger partial charge in [-0.1, -0.05) is 42.5 Å². The van der Waals surface area contributed by atoms with Crippen molar-refractivity contribution in [2.45, 2.75) is 64.5 Å². The molecule has 1 atom stereocenters. The van der Waals surface area contributed by atoms with E-state index in [-0.39, 0.29) is 6.10 Å². The van der Waals surface area contributed by atoms with Crippen LogP contribution in [0.3, 0.4) is 0 Å². The topological polar surface area (TPSA) is 50.3 Å². The fraction of sp³-hybridized carbons (Fsp3) is 0.375. The van der Waals surface area contributed by atoms with Gasteiger partial charge in [0, 0.05) is 34.4 Å². The van der Waals surface area contributed by atoms with E-state index in [1.165, 1.54) is 56.3 Å². The number of aryl methyl sites for hydroxylation is 2. The van der Waals surface area contributed by atoms with Crippen molar-refractivity contribution in [3.8, 4) is 16.9 Å². The molecule has 5 nitrogen and oxygen atoms in total. The summed E-state index contributed by atoms with van der Waals surface area (Å²) < 4.78 is 6.12. The van der Waals surface area contributed by atoms with Crippen LogP contribution in [0.1, 0.15) is 50.7 Å². The number of hydrogen-bond donors (Lipinski definition) is 1. The van der Waals surface area contributed by atoms with Crippen molar-refractivity contribution in [3.05, 3.63) is 78.0 Å². The van der Waals surface area contributed by atoms with Gasteiger partial charge >= 0.3 is 0 Å². The number of ether oxygens (including phenoxy) is 1. The maximum absolute atomic E-state index is 6.12. The Labute approximate surface area is 219 Å². The minimum Gasteiger partial charge on any atom is -0.490 e. The lowest BCUT2D eigenvalue weighted by molar-refractivity contribution is 0.222. The number of aromatic nitrogens is 2. The smallest absolute Gasteiger partial charge is 0.227 e. The number of para-hydroxylation sites is 2. The molecule has 6 rings (SSSR count). The fourth-order valence-corrected chi connectivity index (χ4v) is 5.95. The van der Waals surface area contributed by atoms with Crippen molar-refractivity contribution in [2.75, 3.05) is 18.4 Å². The summed E-state index contributed by atoms with van der Waals surface area (Å²) in [7, 11) is 0. The molecule has 0 unspecified atom stereocenters. The Bertz CT molecular complexity index is 1390. The van der Waals surface area contributed by atoms with Crippen molar-refractivity contribution in [1.82, 2.24) is 14.9 Å². The van der Waals surface area contributed by atoms with Gasteiger partial charge in [-0.25, -0.2) is 9.97 Å². The molecule has 4 aromatic rings. The third-order valence-electron chi connectivity index (χ3n) is 7.76. The van der Waals surface area contributed by atoms with Crippen LogP contribution in [-0.4, -0.2) is 40.1 Å². The highest BCUT2D eigenvalue weighted by Gasteiger charge is 2.24. The van der Waals surface area contributed by atoms with Gasteiger partial charge in [-0.3, -0.25) is 0 Å². The normalized spacial score (nSPS) is 18.1. The van der Waals surface area contributed by atoms with E-state index in [9.17, 15) is 0 Å².